The Labute approximate surface area is 117 Å². The number of para-hydroxylation sites is 1. The Bertz CT molecular complexity index is 736. The summed E-state index contributed by atoms with van der Waals surface area (Å²) < 4.78 is 1.04. The lowest BCUT2D eigenvalue weighted by molar-refractivity contribution is 1.17. The van der Waals surface area contributed by atoms with Crippen LogP contribution in [-0.4, -0.2) is 15.0 Å². The maximum absolute atomic E-state index is 5.85. The third kappa shape index (κ3) is 1.82. The summed E-state index contributed by atoms with van der Waals surface area (Å²) in [5.74, 6) is 0. The number of aromatic nitrogens is 3. The van der Waals surface area contributed by atoms with Gasteiger partial charge in [0.2, 0.25) is 5.28 Å². The van der Waals surface area contributed by atoms with E-state index in [0.29, 0.717) is 0 Å². The number of nitrogens with one attached hydrogen (secondary N) is 1. The standard InChI is InChI=1S/C13H9BrClN3/c1-7-11(10-5-6-16-13(15)18-10)8-3-2-4-9(14)12(8)17-7/h2-6,17H,1H3. The molecule has 1 aromatic carbocycles. The zero-order valence-electron chi connectivity index (χ0n) is 9.54. The first-order chi connectivity index (χ1) is 8.66. The molecule has 0 bridgehead atoms. The number of benzene rings is 1. The highest BCUT2D eigenvalue weighted by Crippen LogP contribution is 2.34. The highest BCUT2D eigenvalue weighted by Gasteiger charge is 2.13. The van der Waals surface area contributed by atoms with Gasteiger partial charge in [-0.3, -0.25) is 0 Å². The molecular formula is C13H9BrClN3. The number of nitrogens with zero attached hydrogens (tertiary/aromatic N) is 2. The minimum Gasteiger partial charge on any atom is -0.357 e. The maximum Gasteiger partial charge on any atom is 0.222 e. The van der Waals surface area contributed by atoms with Gasteiger partial charge in [-0.25, -0.2) is 9.97 Å². The van der Waals surface area contributed by atoms with Crippen molar-refractivity contribution in [3.8, 4) is 11.3 Å². The van der Waals surface area contributed by atoms with Crippen molar-refractivity contribution in [3.05, 3.63) is 45.9 Å². The van der Waals surface area contributed by atoms with Gasteiger partial charge in [-0.05, 0) is 46.6 Å². The molecule has 0 aliphatic carbocycles. The van der Waals surface area contributed by atoms with Crippen molar-refractivity contribution < 1.29 is 0 Å². The van der Waals surface area contributed by atoms with Crippen molar-refractivity contribution in [1.29, 1.82) is 0 Å². The second kappa shape index (κ2) is 4.37. The van der Waals surface area contributed by atoms with Crippen LogP contribution in [0, 0.1) is 6.92 Å². The molecule has 0 amide bonds. The Morgan fingerprint density at radius 1 is 1.28 bits per heavy atom. The van der Waals surface area contributed by atoms with Gasteiger partial charge in [-0.15, -0.1) is 0 Å². The monoisotopic (exact) mass is 321 g/mol. The van der Waals surface area contributed by atoms with Crippen molar-refractivity contribution in [2.24, 2.45) is 0 Å². The molecule has 0 aliphatic rings. The third-order valence-electron chi connectivity index (χ3n) is 2.85. The Hall–Kier alpha value is -1.39. The van der Waals surface area contributed by atoms with Crippen molar-refractivity contribution >= 4 is 38.4 Å². The quantitative estimate of drug-likeness (QED) is 0.677. The highest BCUT2D eigenvalue weighted by atomic mass is 79.9. The number of hydrogen-bond donors (Lipinski definition) is 1. The summed E-state index contributed by atoms with van der Waals surface area (Å²) in [6.45, 7) is 2.03. The van der Waals surface area contributed by atoms with Crippen molar-refractivity contribution in [2.45, 2.75) is 6.92 Å². The molecule has 1 N–H and O–H groups in total. The number of aryl methyl sites for hydroxylation is 1. The summed E-state index contributed by atoms with van der Waals surface area (Å²) >= 11 is 9.40. The summed E-state index contributed by atoms with van der Waals surface area (Å²) in [7, 11) is 0. The Kier molecular flexibility index (Phi) is 2.84. The van der Waals surface area contributed by atoms with Crippen LogP contribution in [0.25, 0.3) is 22.2 Å². The minimum absolute atomic E-state index is 0.260. The van der Waals surface area contributed by atoms with Crippen LogP contribution in [0.5, 0.6) is 0 Å². The summed E-state index contributed by atoms with van der Waals surface area (Å²) in [6.07, 6.45) is 1.67. The van der Waals surface area contributed by atoms with Gasteiger partial charge >= 0.3 is 0 Å². The van der Waals surface area contributed by atoms with E-state index in [0.717, 1.165) is 32.3 Å². The van der Waals surface area contributed by atoms with Gasteiger partial charge in [-0.1, -0.05) is 12.1 Å². The molecule has 18 heavy (non-hydrogen) atoms. The van der Waals surface area contributed by atoms with Gasteiger partial charge in [-0.2, -0.15) is 0 Å². The molecule has 0 saturated carbocycles. The van der Waals surface area contributed by atoms with Crippen LogP contribution in [-0.2, 0) is 0 Å². The average Bonchev–Trinajstić information content (AvgIpc) is 2.67. The lowest BCUT2D eigenvalue weighted by Gasteiger charge is -2.01. The first-order valence-corrected chi connectivity index (χ1v) is 6.59. The second-order valence-electron chi connectivity index (χ2n) is 4.00. The summed E-state index contributed by atoms with van der Waals surface area (Å²) in [5.41, 5.74) is 4.03. The predicted octanol–water partition coefficient (Wildman–Crippen LogP) is 4.35. The van der Waals surface area contributed by atoms with Gasteiger partial charge in [0.25, 0.3) is 0 Å². The van der Waals surface area contributed by atoms with E-state index in [1.807, 2.05) is 25.1 Å². The van der Waals surface area contributed by atoms with Crippen molar-refractivity contribution in [3.63, 3.8) is 0 Å². The molecule has 0 saturated heterocycles. The van der Waals surface area contributed by atoms with E-state index in [9.17, 15) is 0 Å². The summed E-state index contributed by atoms with van der Waals surface area (Å²) in [4.78, 5) is 11.6. The first-order valence-electron chi connectivity index (χ1n) is 5.42. The second-order valence-corrected chi connectivity index (χ2v) is 5.19. The molecule has 0 unspecified atom stereocenters. The fourth-order valence-corrected chi connectivity index (χ4v) is 2.73. The van der Waals surface area contributed by atoms with Gasteiger partial charge in [0.15, 0.2) is 0 Å². The molecule has 5 heteroatoms. The fraction of sp³-hybridized carbons (Fsp3) is 0.0769. The van der Waals surface area contributed by atoms with Crippen LogP contribution < -0.4 is 0 Å². The van der Waals surface area contributed by atoms with Gasteiger partial charge < -0.3 is 4.98 Å². The molecular weight excluding hydrogens is 314 g/mol. The number of rotatable bonds is 1. The van der Waals surface area contributed by atoms with Crippen LogP contribution in [0.1, 0.15) is 5.69 Å². The molecule has 2 aromatic heterocycles. The Morgan fingerprint density at radius 3 is 2.89 bits per heavy atom. The lowest BCUT2D eigenvalue weighted by Crippen LogP contribution is -1.87. The average molecular weight is 323 g/mol. The van der Waals surface area contributed by atoms with E-state index < -0.39 is 0 Å². The van der Waals surface area contributed by atoms with E-state index >= 15 is 0 Å². The van der Waals surface area contributed by atoms with Crippen LogP contribution >= 0.6 is 27.5 Å². The smallest absolute Gasteiger partial charge is 0.222 e. The van der Waals surface area contributed by atoms with Gasteiger partial charge in [0.1, 0.15) is 0 Å². The molecule has 3 nitrogen and oxygen atoms in total. The molecule has 0 radical (unpaired) electrons. The fourth-order valence-electron chi connectivity index (χ4n) is 2.12. The SMILES string of the molecule is Cc1[nH]c2c(Br)cccc2c1-c1ccnc(Cl)n1. The van der Waals surface area contributed by atoms with E-state index in [4.69, 9.17) is 11.6 Å². The summed E-state index contributed by atoms with van der Waals surface area (Å²) in [5, 5.41) is 1.38. The van der Waals surface area contributed by atoms with Gasteiger partial charge in [0.05, 0.1) is 11.2 Å². The number of H-pyrrole nitrogens is 1. The zero-order chi connectivity index (χ0) is 12.7. The molecule has 90 valence electrons. The molecule has 0 spiro atoms. The highest BCUT2D eigenvalue weighted by molar-refractivity contribution is 9.10. The molecule has 3 aromatic rings. The third-order valence-corrected chi connectivity index (χ3v) is 3.70. The summed E-state index contributed by atoms with van der Waals surface area (Å²) in [6, 6.07) is 7.94. The van der Waals surface area contributed by atoms with Crippen molar-refractivity contribution in [1.82, 2.24) is 15.0 Å². The molecule has 0 fully saturated rings. The van der Waals surface area contributed by atoms with Gasteiger partial charge in [0, 0.05) is 27.3 Å². The normalized spacial score (nSPS) is 11.1. The minimum atomic E-state index is 0.260. The zero-order valence-corrected chi connectivity index (χ0v) is 11.9. The first kappa shape index (κ1) is 11.7. The molecule has 0 aliphatic heterocycles. The van der Waals surface area contributed by atoms with Crippen LogP contribution in [0.2, 0.25) is 5.28 Å². The van der Waals surface area contributed by atoms with E-state index in [-0.39, 0.29) is 5.28 Å². The molecule has 0 atom stereocenters. The molecule has 3 rings (SSSR count). The number of hydrogen-bond acceptors (Lipinski definition) is 2. The maximum atomic E-state index is 5.85. The number of fused-ring (bicyclic) bond motifs is 1. The largest absolute Gasteiger partial charge is 0.357 e. The van der Waals surface area contributed by atoms with E-state index in [2.05, 4.69) is 36.9 Å². The number of aromatic amines is 1. The molecule has 2 heterocycles. The lowest BCUT2D eigenvalue weighted by atomic mass is 10.1. The van der Waals surface area contributed by atoms with E-state index in [1.165, 1.54) is 0 Å². The Morgan fingerprint density at radius 2 is 2.11 bits per heavy atom. The van der Waals surface area contributed by atoms with Crippen LogP contribution in [0.3, 0.4) is 0 Å². The topological polar surface area (TPSA) is 41.6 Å². The Balaban J connectivity index is 2.36. The van der Waals surface area contributed by atoms with Crippen molar-refractivity contribution in [2.75, 3.05) is 0 Å². The van der Waals surface area contributed by atoms with Crippen LogP contribution in [0.15, 0.2) is 34.9 Å². The van der Waals surface area contributed by atoms with Crippen LogP contribution in [0.4, 0.5) is 0 Å². The predicted molar refractivity (Wildman–Crippen MR) is 76.8 cm³/mol. The van der Waals surface area contributed by atoms with E-state index in [1.54, 1.807) is 6.20 Å². The number of halogens is 2.